The van der Waals surface area contributed by atoms with E-state index in [1.54, 1.807) is 0 Å². The van der Waals surface area contributed by atoms with Crippen LogP contribution in [0, 0.1) is 13.8 Å². The fourth-order valence-corrected chi connectivity index (χ4v) is 8.08. The Morgan fingerprint density at radius 3 is 1.21 bits per heavy atom. The molecule has 6 aromatic rings. The summed E-state index contributed by atoms with van der Waals surface area (Å²) in [5.41, 5.74) is 19.0. The van der Waals surface area contributed by atoms with E-state index in [9.17, 15) is 0 Å². The molecule has 0 heteroatoms. The van der Waals surface area contributed by atoms with Crippen LogP contribution >= 0.6 is 0 Å². The van der Waals surface area contributed by atoms with Crippen LogP contribution in [0.15, 0.2) is 109 Å². The molecule has 8 rings (SSSR count). The van der Waals surface area contributed by atoms with Crippen LogP contribution in [-0.4, -0.2) is 0 Å². The highest BCUT2D eigenvalue weighted by molar-refractivity contribution is 6.13. The zero-order chi connectivity index (χ0) is 29.0. The first-order chi connectivity index (χ1) is 20.2. The van der Waals surface area contributed by atoms with Crippen LogP contribution in [0.4, 0.5) is 0 Å². The van der Waals surface area contributed by atoms with Crippen molar-refractivity contribution in [3.8, 4) is 44.5 Å². The van der Waals surface area contributed by atoms with Crippen molar-refractivity contribution in [1.29, 1.82) is 0 Å². The molecule has 0 aliphatic heterocycles. The normalized spacial score (nSPS) is 15.3. The van der Waals surface area contributed by atoms with Gasteiger partial charge < -0.3 is 0 Å². The van der Waals surface area contributed by atoms with Crippen LogP contribution in [0.25, 0.3) is 55.3 Å². The predicted octanol–water partition coefficient (Wildman–Crippen LogP) is 11.4. The maximum absolute atomic E-state index is 2.47. The van der Waals surface area contributed by atoms with Gasteiger partial charge in [-0.2, -0.15) is 0 Å². The van der Waals surface area contributed by atoms with E-state index in [-0.39, 0.29) is 10.8 Å². The van der Waals surface area contributed by atoms with Crippen LogP contribution in [0.3, 0.4) is 0 Å². The van der Waals surface area contributed by atoms with E-state index in [0.29, 0.717) is 0 Å². The third kappa shape index (κ3) is 3.36. The fraction of sp³-hybridized carbons (Fsp3) is 0.190. The van der Waals surface area contributed by atoms with Gasteiger partial charge in [0.05, 0.1) is 0 Å². The SMILES string of the molecule is Cc1cccc(-c2ccc3c(c2)C(C)(C)c2c4c(c5ccccc5c2-3)-c2ccc(-c3cccc(C)c3)cc2C4(C)C)c1. The lowest BCUT2D eigenvalue weighted by molar-refractivity contribution is 0.602. The van der Waals surface area contributed by atoms with Crippen molar-refractivity contribution in [2.24, 2.45) is 0 Å². The summed E-state index contributed by atoms with van der Waals surface area (Å²) in [6, 6.07) is 41.3. The van der Waals surface area contributed by atoms with Crippen molar-refractivity contribution in [2.45, 2.75) is 52.4 Å². The Morgan fingerprint density at radius 1 is 0.405 bits per heavy atom. The molecule has 0 atom stereocenters. The van der Waals surface area contributed by atoms with Gasteiger partial charge in [-0.3, -0.25) is 0 Å². The van der Waals surface area contributed by atoms with Crippen LogP contribution in [0.1, 0.15) is 61.1 Å². The number of rotatable bonds is 2. The lowest BCUT2D eigenvalue weighted by Gasteiger charge is -2.31. The van der Waals surface area contributed by atoms with Crippen molar-refractivity contribution in [1.82, 2.24) is 0 Å². The molecule has 0 nitrogen and oxygen atoms in total. The second kappa shape index (κ2) is 8.55. The average molecular weight is 541 g/mol. The van der Waals surface area contributed by atoms with Crippen molar-refractivity contribution in [3.63, 3.8) is 0 Å². The summed E-state index contributed by atoms with van der Waals surface area (Å²) in [6.45, 7) is 14.1. The van der Waals surface area contributed by atoms with E-state index in [1.807, 2.05) is 0 Å². The quantitative estimate of drug-likeness (QED) is 0.205. The zero-order valence-electron chi connectivity index (χ0n) is 25.4. The molecule has 0 heterocycles. The number of fused-ring (bicyclic) bond motifs is 10. The molecule has 2 aliphatic carbocycles. The summed E-state index contributed by atoms with van der Waals surface area (Å²) < 4.78 is 0. The highest BCUT2D eigenvalue weighted by atomic mass is 14.5. The van der Waals surface area contributed by atoms with Crippen LogP contribution in [0.2, 0.25) is 0 Å². The topological polar surface area (TPSA) is 0 Å². The van der Waals surface area contributed by atoms with Crippen molar-refractivity contribution < 1.29 is 0 Å². The van der Waals surface area contributed by atoms with E-state index in [0.717, 1.165) is 0 Å². The summed E-state index contributed by atoms with van der Waals surface area (Å²) in [4.78, 5) is 0. The monoisotopic (exact) mass is 540 g/mol. The molecule has 204 valence electrons. The van der Waals surface area contributed by atoms with Gasteiger partial charge in [0, 0.05) is 10.8 Å². The standard InChI is InChI=1S/C42H36/c1-25-11-9-13-27(21-25)29-17-19-33-35(23-29)41(3,4)39-37(33)31-15-7-8-16-32(31)38-34-20-18-30(28-14-10-12-26(2)22-28)24-36(34)42(5,6)40(38)39/h7-24H,1-6H3. The van der Waals surface area contributed by atoms with Gasteiger partial charge in [-0.1, -0.05) is 136 Å². The Bertz CT molecular complexity index is 1950. The first-order valence-electron chi connectivity index (χ1n) is 15.2. The Hall–Kier alpha value is -4.42. The maximum Gasteiger partial charge on any atom is 0.0162 e. The third-order valence-corrected chi connectivity index (χ3v) is 10.1. The lowest BCUT2D eigenvalue weighted by atomic mass is 9.71. The molecule has 2 aliphatic rings. The maximum atomic E-state index is 2.47. The molecular formula is C42H36. The summed E-state index contributed by atoms with van der Waals surface area (Å²) in [5.74, 6) is 0. The minimum atomic E-state index is -0.128. The summed E-state index contributed by atoms with van der Waals surface area (Å²) in [6.07, 6.45) is 0. The highest BCUT2D eigenvalue weighted by Gasteiger charge is 2.47. The number of hydrogen-bond donors (Lipinski definition) is 0. The molecule has 0 radical (unpaired) electrons. The summed E-state index contributed by atoms with van der Waals surface area (Å²) >= 11 is 0. The van der Waals surface area contributed by atoms with Gasteiger partial charge in [-0.15, -0.1) is 0 Å². The Kier molecular flexibility index (Phi) is 5.15. The van der Waals surface area contributed by atoms with Gasteiger partial charge in [0.25, 0.3) is 0 Å². The number of benzene rings is 6. The Morgan fingerprint density at radius 2 is 0.810 bits per heavy atom. The Balaban J connectivity index is 1.41. The molecule has 0 aromatic heterocycles. The van der Waals surface area contributed by atoms with E-state index >= 15 is 0 Å². The van der Waals surface area contributed by atoms with Gasteiger partial charge in [0.15, 0.2) is 0 Å². The molecule has 0 unspecified atom stereocenters. The molecular weight excluding hydrogens is 504 g/mol. The molecule has 0 saturated carbocycles. The molecule has 0 saturated heterocycles. The van der Waals surface area contributed by atoms with Gasteiger partial charge in [-0.05, 0) is 104 Å². The molecule has 6 aromatic carbocycles. The molecule has 42 heavy (non-hydrogen) atoms. The van der Waals surface area contributed by atoms with Crippen LogP contribution < -0.4 is 0 Å². The molecule has 0 bridgehead atoms. The third-order valence-electron chi connectivity index (χ3n) is 10.1. The smallest absolute Gasteiger partial charge is 0.0162 e. The largest absolute Gasteiger partial charge is 0.0616 e. The fourth-order valence-electron chi connectivity index (χ4n) is 8.08. The number of hydrogen-bond acceptors (Lipinski definition) is 0. The van der Waals surface area contributed by atoms with E-state index in [1.165, 1.54) is 88.7 Å². The minimum Gasteiger partial charge on any atom is -0.0616 e. The van der Waals surface area contributed by atoms with Crippen molar-refractivity contribution in [3.05, 3.63) is 143 Å². The van der Waals surface area contributed by atoms with Gasteiger partial charge >= 0.3 is 0 Å². The molecule has 0 spiro atoms. The summed E-state index contributed by atoms with van der Waals surface area (Å²) in [5, 5.41) is 2.74. The number of aryl methyl sites for hydroxylation is 2. The first-order valence-corrected chi connectivity index (χ1v) is 15.2. The van der Waals surface area contributed by atoms with Gasteiger partial charge in [-0.25, -0.2) is 0 Å². The van der Waals surface area contributed by atoms with E-state index in [2.05, 4.69) is 151 Å². The second-order valence-electron chi connectivity index (χ2n) is 13.6. The van der Waals surface area contributed by atoms with E-state index in [4.69, 9.17) is 0 Å². The first kappa shape index (κ1) is 25.3. The molecule has 0 fully saturated rings. The molecule has 0 N–H and O–H groups in total. The zero-order valence-corrected chi connectivity index (χ0v) is 25.4. The van der Waals surface area contributed by atoms with E-state index < -0.39 is 0 Å². The van der Waals surface area contributed by atoms with Crippen molar-refractivity contribution >= 4 is 10.8 Å². The average Bonchev–Trinajstić information content (AvgIpc) is 3.36. The van der Waals surface area contributed by atoms with Gasteiger partial charge in [0.1, 0.15) is 0 Å². The summed E-state index contributed by atoms with van der Waals surface area (Å²) in [7, 11) is 0. The van der Waals surface area contributed by atoms with Gasteiger partial charge in [0.2, 0.25) is 0 Å². The van der Waals surface area contributed by atoms with Crippen LogP contribution in [0.5, 0.6) is 0 Å². The van der Waals surface area contributed by atoms with Crippen molar-refractivity contribution in [2.75, 3.05) is 0 Å². The highest BCUT2D eigenvalue weighted by Crippen LogP contribution is 2.62. The molecule has 0 amide bonds. The minimum absolute atomic E-state index is 0.128. The lowest BCUT2D eigenvalue weighted by Crippen LogP contribution is -2.24. The Labute approximate surface area is 249 Å². The van der Waals surface area contributed by atoms with Crippen LogP contribution in [-0.2, 0) is 10.8 Å². The second-order valence-corrected chi connectivity index (χ2v) is 13.6. The predicted molar refractivity (Wildman–Crippen MR) is 179 cm³/mol.